The molecule has 25 heavy (non-hydrogen) atoms. The van der Waals surface area contributed by atoms with Crippen molar-refractivity contribution in [3.63, 3.8) is 0 Å². The summed E-state index contributed by atoms with van der Waals surface area (Å²) in [5.74, 6) is -1.74. The fourth-order valence-electron chi connectivity index (χ4n) is 1.92. The number of carbonyl (C=O) groups is 3. The van der Waals surface area contributed by atoms with Gasteiger partial charge in [-0.1, -0.05) is 0 Å². The Kier molecular flexibility index (Phi) is 4.26. The number of non-ortho nitro benzene ring substituents is 1. The van der Waals surface area contributed by atoms with Gasteiger partial charge < -0.3 is 0 Å². The van der Waals surface area contributed by atoms with E-state index >= 15 is 0 Å². The molecule has 126 valence electrons. The number of nitro groups is 1. The van der Waals surface area contributed by atoms with E-state index < -0.39 is 28.8 Å². The number of nitrogens with one attached hydrogen (secondary N) is 2. The normalized spacial score (nSPS) is 15.3. The van der Waals surface area contributed by atoms with E-state index in [1.807, 2.05) is 10.6 Å². The number of carbonyl (C=O) groups excluding carboxylic acids is 3. The molecule has 2 N–H and O–H groups in total. The summed E-state index contributed by atoms with van der Waals surface area (Å²) in [6.07, 6.45) is 0. The Labute approximate surface area is 142 Å². The summed E-state index contributed by atoms with van der Waals surface area (Å²) < 4.78 is 0. The summed E-state index contributed by atoms with van der Waals surface area (Å²) in [5.41, 5.74) is 1.12. The summed E-state index contributed by atoms with van der Waals surface area (Å²) >= 11 is 1.11. The van der Waals surface area contributed by atoms with Crippen LogP contribution in [0.5, 0.6) is 0 Å². The first-order chi connectivity index (χ1) is 11.9. The molecule has 1 saturated heterocycles. The highest BCUT2D eigenvalue weighted by Gasteiger charge is 2.34. The van der Waals surface area contributed by atoms with Crippen molar-refractivity contribution in [3.05, 3.63) is 39.8 Å². The van der Waals surface area contributed by atoms with Crippen molar-refractivity contribution < 1.29 is 19.3 Å². The van der Waals surface area contributed by atoms with Crippen molar-refractivity contribution in [3.8, 4) is 11.3 Å². The molecule has 12 heteroatoms. The lowest BCUT2D eigenvalue weighted by molar-refractivity contribution is -0.384. The van der Waals surface area contributed by atoms with Crippen LogP contribution in [0.1, 0.15) is 0 Å². The third-order valence-corrected chi connectivity index (χ3v) is 3.82. The Balaban J connectivity index is 1.75. The monoisotopic (exact) mass is 360 g/mol. The number of barbiturate groups is 1. The van der Waals surface area contributed by atoms with Crippen LogP contribution in [0.2, 0.25) is 0 Å². The maximum Gasteiger partial charge on any atom is 0.328 e. The van der Waals surface area contributed by atoms with Gasteiger partial charge in [0.05, 0.1) is 10.6 Å². The molecule has 0 aliphatic carbocycles. The highest BCUT2D eigenvalue weighted by atomic mass is 32.1. The van der Waals surface area contributed by atoms with Crippen molar-refractivity contribution >= 4 is 40.0 Å². The minimum absolute atomic E-state index is 0.0391. The van der Waals surface area contributed by atoms with Gasteiger partial charge >= 0.3 is 6.03 Å². The maximum atomic E-state index is 11.5. The Morgan fingerprint density at radius 2 is 1.76 bits per heavy atom. The van der Waals surface area contributed by atoms with Crippen LogP contribution >= 0.6 is 11.3 Å². The molecule has 0 radical (unpaired) electrons. The van der Waals surface area contributed by atoms with Crippen molar-refractivity contribution in [2.24, 2.45) is 10.2 Å². The maximum absolute atomic E-state index is 11.5. The number of nitrogens with zero attached hydrogens (tertiary/aromatic N) is 4. The van der Waals surface area contributed by atoms with Gasteiger partial charge in [0.25, 0.3) is 17.5 Å². The number of hydrogen-bond acceptors (Lipinski definition) is 9. The SMILES string of the molecule is O=C1NC(=O)C(N=Nc2nc(-c3ccc([N+](=O)[O-])cc3)cs2)C(=O)N1. The smallest absolute Gasteiger partial charge is 0.275 e. The molecular weight excluding hydrogens is 352 g/mol. The molecule has 0 saturated carbocycles. The molecule has 1 aliphatic rings. The van der Waals surface area contributed by atoms with Gasteiger partial charge in [0, 0.05) is 23.1 Å². The van der Waals surface area contributed by atoms with Crippen molar-refractivity contribution in [2.75, 3.05) is 0 Å². The van der Waals surface area contributed by atoms with E-state index in [1.54, 1.807) is 17.5 Å². The van der Waals surface area contributed by atoms with Crippen LogP contribution in [0.3, 0.4) is 0 Å². The first kappa shape index (κ1) is 16.3. The number of hydrogen-bond donors (Lipinski definition) is 2. The molecule has 0 spiro atoms. The number of azo groups is 1. The minimum atomic E-state index is -1.47. The molecule has 2 heterocycles. The van der Waals surface area contributed by atoms with Crippen LogP contribution in [-0.4, -0.2) is 33.8 Å². The third kappa shape index (κ3) is 3.53. The Morgan fingerprint density at radius 1 is 1.12 bits per heavy atom. The first-order valence-electron chi connectivity index (χ1n) is 6.71. The van der Waals surface area contributed by atoms with Crippen LogP contribution in [-0.2, 0) is 9.59 Å². The van der Waals surface area contributed by atoms with E-state index in [2.05, 4.69) is 15.2 Å². The van der Waals surface area contributed by atoms with Crippen LogP contribution in [0, 0.1) is 10.1 Å². The van der Waals surface area contributed by atoms with Crippen LogP contribution in [0.15, 0.2) is 39.9 Å². The Bertz CT molecular complexity index is 886. The summed E-state index contributed by atoms with van der Waals surface area (Å²) in [6, 6.07) is 3.41. The zero-order valence-corrected chi connectivity index (χ0v) is 13.0. The van der Waals surface area contributed by atoms with E-state index in [9.17, 15) is 24.5 Å². The molecular formula is C13H8N6O5S. The van der Waals surface area contributed by atoms with Gasteiger partial charge in [-0.25, -0.2) is 9.78 Å². The number of rotatable bonds is 4. The molecule has 0 unspecified atom stereocenters. The van der Waals surface area contributed by atoms with Crippen molar-refractivity contribution in [1.82, 2.24) is 15.6 Å². The molecule has 1 aromatic heterocycles. The zero-order chi connectivity index (χ0) is 18.0. The fraction of sp³-hybridized carbons (Fsp3) is 0.0769. The number of thiazole rings is 1. The quantitative estimate of drug-likeness (QED) is 0.364. The average Bonchev–Trinajstić information content (AvgIpc) is 3.03. The molecule has 3 rings (SSSR count). The van der Waals surface area contributed by atoms with E-state index in [0.29, 0.717) is 11.3 Å². The number of amides is 4. The average molecular weight is 360 g/mol. The molecule has 1 aromatic carbocycles. The van der Waals surface area contributed by atoms with Crippen molar-refractivity contribution in [2.45, 2.75) is 6.04 Å². The highest BCUT2D eigenvalue weighted by Crippen LogP contribution is 2.28. The van der Waals surface area contributed by atoms with Crippen LogP contribution in [0.25, 0.3) is 11.3 Å². The zero-order valence-electron chi connectivity index (χ0n) is 12.2. The van der Waals surface area contributed by atoms with Gasteiger partial charge in [-0.15, -0.1) is 16.5 Å². The predicted octanol–water partition coefficient (Wildman–Crippen LogP) is 1.54. The second kappa shape index (κ2) is 6.52. The summed E-state index contributed by atoms with van der Waals surface area (Å²) in [6.45, 7) is 0. The summed E-state index contributed by atoms with van der Waals surface area (Å²) in [7, 11) is 0. The number of urea groups is 1. The molecule has 1 aliphatic heterocycles. The second-order valence-electron chi connectivity index (χ2n) is 4.74. The molecule has 4 amide bonds. The number of benzene rings is 1. The fourth-order valence-corrected chi connectivity index (χ4v) is 2.57. The molecule has 2 aromatic rings. The van der Waals surface area contributed by atoms with E-state index in [-0.39, 0.29) is 10.8 Å². The number of aromatic nitrogens is 1. The standard InChI is InChI=1S/C13H8N6O5S/c20-10-9(11(21)16-12(22)15-10)17-18-13-14-8(5-25-13)6-1-3-7(4-2-6)19(23)24/h1-5,9H,(H2,15,16,20,21,22). The van der Waals surface area contributed by atoms with E-state index in [1.165, 1.54) is 12.1 Å². The Hall–Kier alpha value is -3.54. The lowest BCUT2D eigenvalue weighted by Crippen LogP contribution is -2.57. The Morgan fingerprint density at radius 3 is 2.36 bits per heavy atom. The van der Waals surface area contributed by atoms with Gasteiger partial charge in [-0.2, -0.15) is 5.11 Å². The predicted molar refractivity (Wildman–Crippen MR) is 84.2 cm³/mol. The van der Waals surface area contributed by atoms with Crippen LogP contribution < -0.4 is 10.6 Å². The van der Waals surface area contributed by atoms with Gasteiger partial charge in [0.2, 0.25) is 11.2 Å². The van der Waals surface area contributed by atoms with Gasteiger partial charge in [-0.05, 0) is 12.1 Å². The van der Waals surface area contributed by atoms with E-state index in [4.69, 9.17) is 0 Å². The third-order valence-electron chi connectivity index (χ3n) is 3.09. The molecule has 0 bridgehead atoms. The molecule has 1 fully saturated rings. The molecule has 11 nitrogen and oxygen atoms in total. The number of nitro benzene ring substituents is 1. The topological polar surface area (TPSA) is 156 Å². The number of imide groups is 2. The molecule has 0 atom stereocenters. The van der Waals surface area contributed by atoms with Gasteiger partial charge in [0.1, 0.15) is 0 Å². The summed E-state index contributed by atoms with van der Waals surface area (Å²) in [4.78, 5) is 48.3. The van der Waals surface area contributed by atoms with Gasteiger partial charge in [-0.3, -0.25) is 30.3 Å². The first-order valence-corrected chi connectivity index (χ1v) is 7.59. The second-order valence-corrected chi connectivity index (χ2v) is 5.58. The van der Waals surface area contributed by atoms with Gasteiger partial charge in [0.15, 0.2) is 0 Å². The van der Waals surface area contributed by atoms with Crippen molar-refractivity contribution in [1.29, 1.82) is 0 Å². The lowest BCUT2D eigenvalue weighted by atomic mass is 10.1. The highest BCUT2D eigenvalue weighted by molar-refractivity contribution is 7.13. The largest absolute Gasteiger partial charge is 0.328 e. The minimum Gasteiger partial charge on any atom is -0.275 e. The lowest BCUT2D eigenvalue weighted by Gasteiger charge is -2.15. The van der Waals surface area contributed by atoms with E-state index in [0.717, 1.165) is 11.3 Å². The summed E-state index contributed by atoms with van der Waals surface area (Å²) in [5, 5.41) is 23.6. The van der Waals surface area contributed by atoms with Crippen LogP contribution in [0.4, 0.5) is 15.6 Å².